The van der Waals surface area contributed by atoms with Crippen molar-refractivity contribution in [3.05, 3.63) is 30.1 Å². The van der Waals surface area contributed by atoms with Crippen molar-refractivity contribution < 1.29 is 13.5 Å². The second kappa shape index (κ2) is 4.28. The highest BCUT2D eigenvalue weighted by molar-refractivity contribution is 5.01. The molecule has 0 fully saturated rings. The van der Waals surface area contributed by atoms with E-state index in [1.165, 1.54) is 0 Å². The third-order valence-corrected chi connectivity index (χ3v) is 1.33. The van der Waals surface area contributed by atoms with Crippen LogP contribution in [-0.2, 0) is 11.3 Å². The predicted molar refractivity (Wildman–Crippen MR) is 44.5 cm³/mol. The average molecular weight is 187 g/mol. The van der Waals surface area contributed by atoms with E-state index in [2.05, 4.69) is 4.98 Å². The molecule has 0 spiro atoms. The largest absolute Gasteiger partial charge is 0.369 e. The molecule has 0 aromatic carbocycles. The normalized spacial score (nSPS) is 11.6. The van der Waals surface area contributed by atoms with Gasteiger partial charge in [-0.2, -0.15) is 0 Å². The maximum absolute atomic E-state index is 12.3. The number of alkyl halides is 2. The number of nitrogens with zero attached hydrogens (tertiary/aromatic N) is 1. The van der Waals surface area contributed by atoms with Crippen molar-refractivity contribution in [3.63, 3.8) is 0 Å². The van der Waals surface area contributed by atoms with Crippen molar-refractivity contribution >= 4 is 0 Å². The van der Waals surface area contributed by atoms with Crippen LogP contribution in [0.2, 0.25) is 0 Å². The minimum Gasteiger partial charge on any atom is -0.369 e. The molecule has 0 N–H and O–H groups in total. The number of aromatic nitrogens is 1. The lowest BCUT2D eigenvalue weighted by Crippen LogP contribution is -2.18. The van der Waals surface area contributed by atoms with Gasteiger partial charge in [0.2, 0.25) is 0 Å². The Morgan fingerprint density at radius 1 is 1.46 bits per heavy atom. The second-order valence-electron chi connectivity index (χ2n) is 2.88. The van der Waals surface area contributed by atoms with Gasteiger partial charge in [-0.15, -0.1) is 0 Å². The zero-order chi connectivity index (χ0) is 9.73. The fourth-order valence-electron chi connectivity index (χ4n) is 0.818. The SMILES string of the molecule is CC(F)(F)COCc1ccccn1. The Morgan fingerprint density at radius 2 is 2.23 bits per heavy atom. The Labute approximate surface area is 75.6 Å². The van der Waals surface area contributed by atoms with E-state index < -0.39 is 12.5 Å². The van der Waals surface area contributed by atoms with Crippen LogP contribution in [-0.4, -0.2) is 17.5 Å². The number of hydrogen-bond acceptors (Lipinski definition) is 2. The molecule has 1 aromatic heterocycles. The lowest BCUT2D eigenvalue weighted by molar-refractivity contribution is -0.0679. The van der Waals surface area contributed by atoms with E-state index in [0.717, 1.165) is 6.92 Å². The average Bonchev–Trinajstić information content (AvgIpc) is 2.04. The molecular formula is C9H11F2NO. The van der Waals surface area contributed by atoms with Crippen LogP contribution in [0.4, 0.5) is 8.78 Å². The highest BCUT2D eigenvalue weighted by Gasteiger charge is 2.20. The molecule has 1 aromatic rings. The molecule has 4 heteroatoms. The van der Waals surface area contributed by atoms with Crippen LogP contribution in [0.15, 0.2) is 24.4 Å². The topological polar surface area (TPSA) is 22.1 Å². The summed E-state index contributed by atoms with van der Waals surface area (Å²) in [7, 11) is 0. The van der Waals surface area contributed by atoms with E-state index in [1.54, 1.807) is 24.4 Å². The molecule has 0 saturated carbocycles. The van der Waals surface area contributed by atoms with Crippen LogP contribution in [0.3, 0.4) is 0 Å². The van der Waals surface area contributed by atoms with Gasteiger partial charge < -0.3 is 4.74 Å². The predicted octanol–water partition coefficient (Wildman–Crippen LogP) is 2.25. The highest BCUT2D eigenvalue weighted by Crippen LogP contribution is 2.12. The van der Waals surface area contributed by atoms with Gasteiger partial charge in [-0.1, -0.05) is 6.07 Å². The van der Waals surface area contributed by atoms with E-state index >= 15 is 0 Å². The molecule has 72 valence electrons. The molecule has 0 saturated heterocycles. The first kappa shape index (κ1) is 10.1. The number of hydrogen-bond donors (Lipinski definition) is 0. The zero-order valence-corrected chi connectivity index (χ0v) is 7.34. The van der Waals surface area contributed by atoms with Gasteiger partial charge in [0, 0.05) is 13.1 Å². The van der Waals surface area contributed by atoms with Crippen LogP contribution in [0.25, 0.3) is 0 Å². The second-order valence-corrected chi connectivity index (χ2v) is 2.88. The van der Waals surface area contributed by atoms with Gasteiger partial charge in [-0.05, 0) is 12.1 Å². The summed E-state index contributed by atoms with van der Waals surface area (Å²) in [5.74, 6) is -2.77. The Kier molecular flexibility index (Phi) is 3.31. The van der Waals surface area contributed by atoms with Crippen LogP contribution >= 0.6 is 0 Å². The Balaban J connectivity index is 2.29. The summed E-state index contributed by atoms with van der Waals surface area (Å²) >= 11 is 0. The highest BCUT2D eigenvalue weighted by atomic mass is 19.3. The minimum atomic E-state index is -2.77. The molecule has 1 heterocycles. The van der Waals surface area contributed by atoms with Crippen LogP contribution in [0.1, 0.15) is 12.6 Å². The minimum absolute atomic E-state index is 0.129. The summed E-state index contributed by atoms with van der Waals surface area (Å²) in [5.41, 5.74) is 0.659. The summed E-state index contributed by atoms with van der Waals surface area (Å²) < 4.78 is 29.3. The molecule has 0 aliphatic heterocycles. The Bertz CT molecular complexity index is 246. The summed E-state index contributed by atoms with van der Waals surface area (Å²) in [4.78, 5) is 3.93. The first-order valence-electron chi connectivity index (χ1n) is 3.93. The first-order chi connectivity index (χ1) is 6.08. The Morgan fingerprint density at radius 3 is 2.77 bits per heavy atom. The van der Waals surface area contributed by atoms with Crippen molar-refractivity contribution in [3.8, 4) is 0 Å². The van der Waals surface area contributed by atoms with Gasteiger partial charge in [-0.25, -0.2) is 8.78 Å². The molecule has 0 atom stereocenters. The summed E-state index contributed by atoms with van der Waals surface area (Å²) in [5, 5.41) is 0. The Hall–Kier alpha value is -1.03. The maximum Gasteiger partial charge on any atom is 0.268 e. The number of pyridine rings is 1. The van der Waals surface area contributed by atoms with Gasteiger partial charge in [0.05, 0.1) is 12.3 Å². The molecule has 0 amide bonds. The maximum atomic E-state index is 12.3. The third kappa shape index (κ3) is 4.52. The monoisotopic (exact) mass is 187 g/mol. The first-order valence-corrected chi connectivity index (χ1v) is 3.93. The van der Waals surface area contributed by atoms with Crippen molar-refractivity contribution in [2.45, 2.75) is 19.5 Å². The molecule has 0 unspecified atom stereocenters. The molecular weight excluding hydrogens is 176 g/mol. The standard InChI is InChI=1S/C9H11F2NO/c1-9(10,11)7-13-6-8-4-2-3-5-12-8/h2-5H,6-7H2,1H3. The van der Waals surface area contributed by atoms with Crippen molar-refractivity contribution in [1.82, 2.24) is 4.98 Å². The van der Waals surface area contributed by atoms with Crippen molar-refractivity contribution in [1.29, 1.82) is 0 Å². The van der Waals surface area contributed by atoms with E-state index in [0.29, 0.717) is 5.69 Å². The number of ether oxygens (including phenoxy) is 1. The van der Waals surface area contributed by atoms with E-state index in [4.69, 9.17) is 4.74 Å². The summed E-state index contributed by atoms with van der Waals surface area (Å²) in [6, 6.07) is 5.28. The molecule has 13 heavy (non-hydrogen) atoms. The molecule has 0 aliphatic carbocycles. The number of rotatable bonds is 4. The van der Waals surface area contributed by atoms with Crippen molar-refractivity contribution in [2.24, 2.45) is 0 Å². The summed E-state index contributed by atoms with van der Waals surface area (Å²) in [6.07, 6.45) is 1.60. The zero-order valence-electron chi connectivity index (χ0n) is 7.34. The van der Waals surface area contributed by atoms with Gasteiger partial charge >= 0.3 is 0 Å². The lowest BCUT2D eigenvalue weighted by atomic mass is 10.4. The van der Waals surface area contributed by atoms with Gasteiger partial charge in [0.15, 0.2) is 0 Å². The molecule has 2 nitrogen and oxygen atoms in total. The smallest absolute Gasteiger partial charge is 0.268 e. The molecule has 0 bridgehead atoms. The lowest BCUT2D eigenvalue weighted by Gasteiger charge is -2.09. The van der Waals surface area contributed by atoms with Gasteiger partial charge in [0.1, 0.15) is 6.61 Å². The molecule has 1 rings (SSSR count). The van der Waals surface area contributed by atoms with E-state index in [9.17, 15) is 8.78 Å². The van der Waals surface area contributed by atoms with Crippen LogP contribution in [0.5, 0.6) is 0 Å². The van der Waals surface area contributed by atoms with E-state index in [-0.39, 0.29) is 6.61 Å². The quantitative estimate of drug-likeness (QED) is 0.721. The molecule has 0 radical (unpaired) electrons. The van der Waals surface area contributed by atoms with Gasteiger partial charge in [0.25, 0.3) is 5.92 Å². The summed E-state index contributed by atoms with van der Waals surface area (Å²) in [6.45, 7) is 0.388. The third-order valence-electron chi connectivity index (χ3n) is 1.33. The van der Waals surface area contributed by atoms with Crippen LogP contribution < -0.4 is 0 Å². The van der Waals surface area contributed by atoms with Gasteiger partial charge in [-0.3, -0.25) is 4.98 Å². The molecule has 0 aliphatic rings. The van der Waals surface area contributed by atoms with Crippen LogP contribution in [0, 0.1) is 0 Å². The van der Waals surface area contributed by atoms with E-state index in [1.807, 2.05) is 0 Å². The van der Waals surface area contributed by atoms with Crippen molar-refractivity contribution in [2.75, 3.05) is 6.61 Å². The fraction of sp³-hybridized carbons (Fsp3) is 0.444. The fourth-order valence-corrected chi connectivity index (χ4v) is 0.818. The number of halogens is 2.